The maximum Gasteiger partial charge on any atom is 0.328 e. The first kappa shape index (κ1) is 25.6. The number of likely N-dealkylation sites (tertiary alicyclic amines) is 1. The lowest BCUT2D eigenvalue weighted by Gasteiger charge is -2.26. The second kappa shape index (κ2) is 11.9. The van der Waals surface area contributed by atoms with Gasteiger partial charge in [0, 0.05) is 43.0 Å². The van der Waals surface area contributed by atoms with Crippen molar-refractivity contribution >= 4 is 29.4 Å². The molecule has 37 heavy (non-hydrogen) atoms. The topological polar surface area (TPSA) is 118 Å². The summed E-state index contributed by atoms with van der Waals surface area (Å²) in [4.78, 5) is 55.9. The van der Waals surface area contributed by atoms with Crippen LogP contribution in [0.3, 0.4) is 0 Å². The third kappa shape index (κ3) is 6.58. The van der Waals surface area contributed by atoms with E-state index in [0.717, 1.165) is 11.1 Å². The van der Waals surface area contributed by atoms with E-state index in [2.05, 4.69) is 15.6 Å². The van der Waals surface area contributed by atoms with Gasteiger partial charge < -0.3 is 20.3 Å². The summed E-state index contributed by atoms with van der Waals surface area (Å²) < 4.78 is 4.92. The van der Waals surface area contributed by atoms with E-state index in [0.29, 0.717) is 24.2 Å². The maximum absolute atomic E-state index is 13.2. The number of hydrogen-bond donors (Lipinski definition) is 2. The lowest BCUT2D eigenvalue weighted by Crippen LogP contribution is -2.51. The van der Waals surface area contributed by atoms with Crippen molar-refractivity contribution in [2.45, 2.75) is 37.9 Å². The van der Waals surface area contributed by atoms with Gasteiger partial charge in [0.25, 0.3) is 5.91 Å². The Kier molecular flexibility index (Phi) is 8.25. The first-order valence-electron chi connectivity index (χ1n) is 12.0. The van der Waals surface area contributed by atoms with Crippen LogP contribution in [0.5, 0.6) is 0 Å². The number of carbonyl (C=O) groups is 4. The number of nitrogens with one attached hydrogen (secondary N) is 2. The summed E-state index contributed by atoms with van der Waals surface area (Å²) in [5.74, 6) is -1.33. The van der Waals surface area contributed by atoms with Gasteiger partial charge >= 0.3 is 5.97 Å². The van der Waals surface area contributed by atoms with Gasteiger partial charge in [0.15, 0.2) is 0 Å². The fourth-order valence-corrected chi connectivity index (χ4v) is 4.25. The molecule has 1 aliphatic rings. The van der Waals surface area contributed by atoms with Gasteiger partial charge in [-0.25, -0.2) is 4.79 Å². The van der Waals surface area contributed by atoms with Crippen molar-refractivity contribution in [3.63, 3.8) is 0 Å². The van der Waals surface area contributed by atoms with Gasteiger partial charge in [-0.2, -0.15) is 0 Å². The molecule has 0 bridgehead atoms. The van der Waals surface area contributed by atoms with E-state index in [9.17, 15) is 19.2 Å². The Morgan fingerprint density at radius 2 is 1.70 bits per heavy atom. The van der Waals surface area contributed by atoms with Crippen LogP contribution in [0, 0.1) is 0 Å². The Labute approximate surface area is 214 Å². The summed E-state index contributed by atoms with van der Waals surface area (Å²) in [7, 11) is 1.26. The number of rotatable bonds is 9. The molecule has 2 N–H and O–H groups in total. The highest BCUT2D eigenvalue weighted by atomic mass is 16.5. The van der Waals surface area contributed by atoms with Crippen molar-refractivity contribution in [2.75, 3.05) is 12.4 Å². The third-order valence-electron chi connectivity index (χ3n) is 6.22. The van der Waals surface area contributed by atoms with Gasteiger partial charge in [-0.05, 0) is 41.8 Å². The molecule has 2 heterocycles. The molecule has 4 rings (SSSR count). The zero-order chi connectivity index (χ0) is 26.2. The Hall–Kier alpha value is -4.53. The van der Waals surface area contributed by atoms with E-state index < -0.39 is 24.0 Å². The molecule has 3 amide bonds. The summed E-state index contributed by atoms with van der Waals surface area (Å²) in [5.41, 5.74) is 2.77. The van der Waals surface area contributed by atoms with Crippen molar-refractivity contribution in [1.29, 1.82) is 0 Å². The van der Waals surface area contributed by atoms with E-state index in [1.54, 1.807) is 53.7 Å². The molecule has 1 aromatic heterocycles. The van der Waals surface area contributed by atoms with Crippen molar-refractivity contribution in [1.82, 2.24) is 15.2 Å². The Balaban J connectivity index is 1.40. The summed E-state index contributed by atoms with van der Waals surface area (Å²) in [5, 5.41) is 5.59. The van der Waals surface area contributed by atoms with Gasteiger partial charge in [0.05, 0.1) is 7.11 Å². The van der Waals surface area contributed by atoms with Crippen molar-refractivity contribution in [3.05, 3.63) is 95.8 Å². The highest BCUT2D eigenvalue weighted by molar-refractivity contribution is 6.04. The number of anilines is 1. The number of ether oxygens (including phenoxy) is 1. The number of amides is 3. The molecule has 0 spiro atoms. The van der Waals surface area contributed by atoms with Crippen LogP contribution in [-0.2, 0) is 32.1 Å². The second-order valence-electron chi connectivity index (χ2n) is 8.74. The number of benzene rings is 2. The number of aromatic nitrogens is 1. The largest absolute Gasteiger partial charge is 0.467 e. The summed E-state index contributed by atoms with van der Waals surface area (Å²) in [6.07, 6.45) is 3.94. The van der Waals surface area contributed by atoms with Crippen LogP contribution in [0.15, 0.2) is 79.1 Å². The van der Waals surface area contributed by atoms with Crippen molar-refractivity contribution in [2.24, 2.45) is 0 Å². The molecule has 2 atom stereocenters. The van der Waals surface area contributed by atoms with Gasteiger partial charge in [-0.15, -0.1) is 0 Å². The predicted octanol–water partition coefficient (Wildman–Crippen LogP) is 2.73. The van der Waals surface area contributed by atoms with E-state index in [-0.39, 0.29) is 24.7 Å². The molecule has 190 valence electrons. The highest BCUT2D eigenvalue weighted by Gasteiger charge is 2.37. The molecular weight excluding hydrogens is 472 g/mol. The SMILES string of the molecule is COC(=O)[C@H](Cc1ccc(NC(=O)c2ccncc2)cc1)NC(=O)[C@@H]1CCC(=O)N1Cc1ccccc1. The smallest absolute Gasteiger partial charge is 0.328 e. The van der Waals surface area contributed by atoms with Gasteiger partial charge in [0.1, 0.15) is 12.1 Å². The molecule has 3 aromatic rings. The summed E-state index contributed by atoms with van der Waals surface area (Å²) >= 11 is 0. The maximum atomic E-state index is 13.2. The summed E-state index contributed by atoms with van der Waals surface area (Å²) in [6.45, 7) is 0.327. The fraction of sp³-hybridized carbons (Fsp3) is 0.250. The minimum absolute atomic E-state index is 0.0944. The average molecular weight is 501 g/mol. The van der Waals surface area contributed by atoms with E-state index in [4.69, 9.17) is 4.74 Å². The minimum atomic E-state index is -0.927. The molecule has 9 heteroatoms. The first-order valence-corrected chi connectivity index (χ1v) is 12.0. The van der Waals surface area contributed by atoms with Crippen LogP contribution >= 0.6 is 0 Å². The molecule has 2 aromatic carbocycles. The Morgan fingerprint density at radius 3 is 2.38 bits per heavy atom. The normalized spacial score (nSPS) is 15.6. The Morgan fingerprint density at radius 1 is 1.00 bits per heavy atom. The average Bonchev–Trinajstić information content (AvgIpc) is 3.29. The molecular formula is C28H28N4O5. The lowest BCUT2D eigenvalue weighted by atomic mass is 10.0. The van der Waals surface area contributed by atoms with E-state index in [1.807, 2.05) is 30.3 Å². The Bertz CT molecular complexity index is 1250. The van der Waals surface area contributed by atoms with Gasteiger partial charge in [-0.1, -0.05) is 42.5 Å². The van der Waals surface area contributed by atoms with Crippen LogP contribution in [0.2, 0.25) is 0 Å². The van der Waals surface area contributed by atoms with Crippen molar-refractivity contribution < 1.29 is 23.9 Å². The van der Waals surface area contributed by atoms with Gasteiger partial charge in [0.2, 0.25) is 11.8 Å². The molecule has 1 fully saturated rings. The van der Waals surface area contributed by atoms with Crippen molar-refractivity contribution in [3.8, 4) is 0 Å². The number of methoxy groups -OCH3 is 1. The van der Waals surface area contributed by atoms with Crippen LogP contribution in [-0.4, -0.2) is 52.8 Å². The monoisotopic (exact) mass is 500 g/mol. The molecule has 0 radical (unpaired) electrons. The first-order chi connectivity index (χ1) is 17.9. The number of hydrogen-bond acceptors (Lipinski definition) is 6. The molecule has 9 nitrogen and oxygen atoms in total. The third-order valence-corrected chi connectivity index (χ3v) is 6.22. The van der Waals surface area contributed by atoms with Crippen LogP contribution in [0.1, 0.15) is 34.3 Å². The molecule has 1 saturated heterocycles. The quantitative estimate of drug-likeness (QED) is 0.436. The zero-order valence-electron chi connectivity index (χ0n) is 20.4. The van der Waals surface area contributed by atoms with Crippen LogP contribution in [0.25, 0.3) is 0 Å². The van der Waals surface area contributed by atoms with Crippen LogP contribution < -0.4 is 10.6 Å². The molecule has 0 saturated carbocycles. The second-order valence-corrected chi connectivity index (χ2v) is 8.74. The lowest BCUT2D eigenvalue weighted by molar-refractivity contribution is -0.146. The van der Waals surface area contributed by atoms with Gasteiger partial charge in [-0.3, -0.25) is 19.4 Å². The van der Waals surface area contributed by atoms with E-state index >= 15 is 0 Å². The molecule has 1 aliphatic heterocycles. The minimum Gasteiger partial charge on any atom is -0.467 e. The van der Waals surface area contributed by atoms with Crippen LogP contribution in [0.4, 0.5) is 5.69 Å². The zero-order valence-corrected chi connectivity index (χ0v) is 20.4. The standard InChI is InChI=1S/C28H28N4O5/c1-37-28(36)23(17-19-7-9-22(10-8-19)30-26(34)21-13-15-29-16-14-21)31-27(35)24-11-12-25(33)32(24)18-20-5-3-2-4-6-20/h2-10,13-16,23-24H,11-12,17-18H2,1H3,(H,30,34)(H,31,35)/t23-,24-/m0/s1. The number of carbonyl (C=O) groups excluding carboxylic acids is 4. The summed E-state index contributed by atoms with van der Waals surface area (Å²) in [6, 6.07) is 18.1. The van der Waals surface area contributed by atoms with E-state index in [1.165, 1.54) is 7.11 Å². The predicted molar refractivity (Wildman–Crippen MR) is 136 cm³/mol. The number of esters is 1. The molecule has 0 unspecified atom stereocenters. The number of pyridine rings is 1. The molecule has 0 aliphatic carbocycles. The fourth-order valence-electron chi connectivity index (χ4n) is 4.25. The highest BCUT2D eigenvalue weighted by Crippen LogP contribution is 2.22. The number of nitrogens with zero attached hydrogens (tertiary/aromatic N) is 2.